The topological polar surface area (TPSA) is 29.9 Å². The molecule has 1 N–H and O–H groups in total. The van der Waals surface area contributed by atoms with Gasteiger partial charge in [0.25, 0.3) is 0 Å². The molecule has 98 valence electrons. The summed E-state index contributed by atoms with van der Waals surface area (Å²) in [6.07, 6.45) is 6.85. The standard InChI is InChI=1S/C14H21N3S/c1-12(2)14(13-5-3-10-18-13)16-6-4-8-17-9-7-15-11-17/h3,5,7,9-12,14,16H,4,6,8H2,1-2H3. The van der Waals surface area contributed by atoms with Gasteiger partial charge in [-0.05, 0) is 30.3 Å². The van der Waals surface area contributed by atoms with Crippen molar-refractivity contribution in [3.05, 3.63) is 41.1 Å². The highest BCUT2D eigenvalue weighted by atomic mass is 32.1. The predicted molar refractivity (Wildman–Crippen MR) is 76.7 cm³/mol. The first-order chi connectivity index (χ1) is 8.77. The summed E-state index contributed by atoms with van der Waals surface area (Å²) in [5.41, 5.74) is 0. The summed E-state index contributed by atoms with van der Waals surface area (Å²) in [4.78, 5) is 5.49. The maximum absolute atomic E-state index is 4.05. The Labute approximate surface area is 113 Å². The highest BCUT2D eigenvalue weighted by Gasteiger charge is 2.15. The van der Waals surface area contributed by atoms with E-state index in [1.165, 1.54) is 4.88 Å². The Morgan fingerprint density at radius 3 is 2.94 bits per heavy atom. The zero-order valence-corrected chi connectivity index (χ0v) is 11.9. The van der Waals surface area contributed by atoms with Crippen LogP contribution in [0.4, 0.5) is 0 Å². The molecule has 2 heterocycles. The predicted octanol–water partition coefficient (Wildman–Crippen LogP) is 3.32. The van der Waals surface area contributed by atoms with Gasteiger partial charge < -0.3 is 9.88 Å². The lowest BCUT2D eigenvalue weighted by molar-refractivity contribution is 0.408. The molecule has 0 aliphatic carbocycles. The lowest BCUT2D eigenvalue weighted by Crippen LogP contribution is -2.26. The van der Waals surface area contributed by atoms with Crippen molar-refractivity contribution in [2.24, 2.45) is 5.92 Å². The van der Waals surface area contributed by atoms with E-state index in [2.05, 4.69) is 46.2 Å². The van der Waals surface area contributed by atoms with Gasteiger partial charge in [0.2, 0.25) is 0 Å². The van der Waals surface area contributed by atoms with Gasteiger partial charge in [0.1, 0.15) is 0 Å². The number of thiophene rings is 1. The quantitative estimate of drug-likeness (QED) is 0.777. The molecule has 0 aliphatic rings. The molecule has 2 rings (SSSR count). The number of hydrogen-bond acceptors (Lipinski definition) is 3. The summed E-state index contributed by atoms with van der Waals surface area (Å²) in [5, 5.41) is 5.81. The van der Waals surface area contributed by atoms with Crippen LogP contribution in [0.3, 0.4) is 0 Å². The van der Waals surface area contributed by atoms with Crippen molar-refractivity contribution >= 4 is 11.3 Å². The maximum Gasteiger partial charge on any atom is 0.0945 e. The van der Waals surface area contributed by atoms with E-state index in [4.69, 9.17) is 0 Å². The maximum atomic E-state index is 4.05. The van der Waals surface area contributed by atoms with Gasteiger partial charge in [-0.1, -0.05) is 19.9 Å². The highest BCUT2D eigenvalue weighted by Crippen LogP contribution is 2.25. The van der Waals surface area contributed by atoms with Gasteiger partial charge in [0, 0.05) is 29.9 Å². The lowest BCUT2D eigenvalue weighted by Gasteiger charge is -2.21. The molecular weight excluding hydrogens is 242 g/mol. The molecule has 1 atom stereocenters. The summed E-state index contributed by atoms with van der Waals surface area (Å²) in [6, 6.07) is 4.83. The average molecular weight is 263 g/mol. The minimum atomic E-state index is 0.479. The van der Waals surface area contributed by atoms with Crippen LogP contribution in [0.1, 0.15) is 31.2 Å². The molecule has 1 unspecified atom stereocenters. The second kappa shape index (κ2) is 6.71. The molecule has 0 fully saturated rings. The molecule has 0 aromatic carbocycles. The molecule has 18 heavy (non-hydrogen) atoms. The first-order valence-corrected chi connectivity index (χ1v) is 7.38. The number of rotatable bonds is 7. The van der Waals surface area contributed by atoms with E-state index in [1.807, 2.05) is 30.1 Å². The average Bonchev–Trinajstić information content (AvgIpc) is 3.00. The molecule has 0 bridgehead atoms. The monoisotopic (exact) mass is 263 g/mol. The van der Waals surface area contributed by atoms with Gasteiger partial charge in [-0.15, -0.1) is 11.3 Å². The summed E-state index contributed by atoms with van der Waals surface area (Å²) in [7, 11) is 0. The van der Waals surface area contributed by atoms with E-state index in [-0.39, 0.29) is 0 Å². The second-order valence-electron chi connectivity index (χ2n) is 4.85. The Hall–Kier alpha value is -1.13. The third-order valence-electron chi connectivity index (χ3n) is 3.03. The molecule has 2 aromatic rings. The van der Waals surface area contributed by atoms with Crippen molar-refractivity contribution in [3.63, 3.8) is 0 Å². The van der Waals surface area contributed by atoms with E-state index >= 15 is 0 Å². The van der Waals surface area contributed by atoms with Crippen molar-refractivity contribution < 1.29 is 0 Å². The zero-order valence-electron chi connectivity index (χ0n) is 11.0. The molecule has 0 aliphatic heterocycles. The zero-order chi connectivity index (χ0) is 12.8. The first kappa shape index (κ1) is 13.3. The fourth-order valence-electron chi connectivity index (χ4n) is 2.07. The normalized spacial score (nSPS) is 13.1. The summed E-state index contributed by atoms with van der Waals surface area (Å²) >= 11 is 1.84. The van der Waals surface area contributed by atoms with E-state index in [9.17, 15) is 0 Å². The number of nitrogens with zero attached hydrogens (tertiary/aromatic N) is 2. The molecule has 0 amide bonds. The Morgan fingerprint density at radius 1 is 1.44 bits per heavy atom. The van der Waals surface area contributed by atoms with E-state index < -0.39 is 0 Å². The van der Waals surface area contributed by atoms with Crippen LogP contribution in [0, 0.1) is 5.92 Å². The van der Waals surface area contributed by atoms with Crippen molar-refractivity contribution in [1.29, 1.82) is 0 Å². The second-order valence-corrected chi connectivity index (χ2v) is 5.82. The minimum absolute atomic E-state index is 0.479. The third-order valence-corrected chi connectivity index (χ3v) is 3.99. The van der Waals surface area contributed by atoms with E-state index in [0.717, 1.165) is 19.5 Å². The van der Waals surface area contributed by atoms with Crippen LogP contribution in [0.25, 0.3) is 0 Å². The number of aryl methyl sites for hydroxylation is 1. The SMILES string of the molecule is CC(C)C(NCCCn1ccnc1)c1cccs1. The van der Waals surface area contributed by atoms with Gasteiger partial charge in [-0.25, -0.2) is 4.98 Å². The number of nitrogens with one attached hydrogen (secondary N) is 1. The Kier molecular flexibility index (Phi) is 4.96. The van der Waals surface area contributed by atoms with Crippen molar-refractivity contribution in [2.75, 3.05) is 6.54 Å². The van der Waals surface area contributed by atoms with Gasteiger partial charge in [0.15, 0.2) is 0 Å². The van der Waals surface area contributed by atoms with Gasteiger partial charge in [0.05, 0.1) is 6.33 Å². The number of aromatic nitrogens is 2. The fraction of sp³-hybridized carbons (Fsp3) is 0.500. The van der Waals surface area contributed by atoms with Crippen molar-refractivity contribution in [2.45, 2.75) is 32.9 Å². The smallest absolute Gasteiger partial charge is 0.0945 e. The molecular formula is C14H21N3S. The molecule has 3 nitrogen and oxygen atoms in total. The molecule has 0 saturated carbocycles. The molecule has 2 aromatic heterocycles. The van der Waals surface area contributed by atoms with Crippen LogP contribution in [-0.4, -0.2) is 16.1 Å². The minimum Gasteiger partial charge on any atom is -0.337 e. The van der Waals surface area contributed by atoms with Crippen molar-refractivity contribution in [3.8, 4) is 0 Å². The summed E-state index contributed by atoms with van der Waals surface area (Å²) in [6.45, 7) is 6.61. The van der Waals surface area contributed by atoms with Gasteiger partial charge in [-0.2, -0.15) is 0 Å². The highest BCUT2D eigenvalue weighted by molar-refractivity contribution is 7.10. The van der Waals surface area contributed by atoms with Crippen LogP contribution >= 0.6 is 11.3 Å². The van der Waals surface area contributed by atoms with Crippen LogP contribution in [0.5, 0.6) is 0 Å². The molecule has 0 radical (unpaired) electrons. The molecule has 0 spiro atoms. The van der Waals surface area contributed by atoms with E-state index in [1.54, 1.807) is 0 Å². The van der Waals surface area contributed by atoms with Crippen molar-refractivity contribution in [1.82, 2.24) is 14.9 Å². The van der Waals surface area contributed by atoms with Crippen LogP contribution in [-0.2, 0) is 6.54 Å². The summed E-state index contributed by atoms with van der Waals surface area (Å²) < 4.78 is 2.12. The Balaban J connectivity index is 1.76. The van der Waals surface area contributed by atoms with Gasteiger partial charge in [-0.3, -0.25) is 0 Å². The molecule has 0 saturated heterocycles. The Bertz CT molecular complexity index is 420. The van der Waals surface area contributed by atoms with Crippen LogP contribution in [0.15, 0.2) is 36.2 Å². The summed E-state index contributed by atoms with van der Waals surface area (Å²) in [5.74, 6) is 0.622. The first-order valence-electron chi connectivity index (χ1n) is 6.50. The van der Waals surface area contributed by atoms with Crippen LogP contribution in [0.2, 0.25) is 0 Å². The third kappa shape index (κ3) is 3.68. The molecule has 4 heteroatoms. The Morgan fingerprint density at radius 2 is 2.33 bits per heavy atom. The largest absolute Gasteiger partial charge is 0.337 e. The van der Waals surface area contributed by atoms with Gasteiger partial charge >= 0.3 is 0 Å². The fourth-order valence-corrected chi connectivity index (χ4v) is 3.04. The number of imidazole rings is 1. The lowest BCUT2D eigenvalue weighted by atomic mass is 10.0. The number of hydrogen-bond donors (Lipinski definition) is 1. The van der Waals surface area contributed by atoms with E-state index in [0.29, 0.717) is 12.0 Å². The van der Waals surface area contributed by atoms with Crippen LogP contribution < -0.4 is 5.32 Å².